The Morgan fingerprint density at radius 1 is 0.447 bits per heavy atom. The van der Waals surface area contributed by atoms with Crippen LogP contribution >= 0.6 is 0 Å². The highest BCUT2D eigenvalue weighted by molar-refractivity contribution is 6.22. The van der Waals surface area contributed by atoms with Crippen LogP contribution in [0.4, 0.5) is 0 Å². The minimum Gasteiger partial charge on any atom is -0.462 e. The van der Waals surface area contributed by atoms with Gasteiger partial charge in [-0.2, -0.15) is 0 Å². The quantitative estimate of drug-likeness (QED) is 0.241. The maximum atomic E-state index is 13.2. The Morgan fingerprint density at radius 3 is 0.789 bits per heavy atom. The van der Waals surface area contributed by atoms with Gasteiger partial charge >= 0.3 is 23.9 Å². The molecule has 2 rings (SSSR count). The highest BCUT2D eigenvalue weighted by Crippen LogP contribution is 2.32. The lowest BCUT2D eigenvalue weighted by Gasteiger charge is -2.18. The largest absolute Gasteiger partial charge is 0.462 e. The van der Waals surface area contributed by atoms with Crippen molar-refractivity contribution in [2.24, 2.45) is 23.7 Å². The number of fused-ring (bicyclic) bond motifs is 1. The number of rotatable bonds is 12. The minimum atomic E-state index is -0.684. The Kier molecular flexibility index (Phi) is 11.3. The molecule has 0 atom stereocenters. The van der Waals surface area contributed by atoms with Crippen LogP contribution in [0.5, 0.6) is 0 Å². The summed E-state index contributed by atoms with van der Waals surface area (Å²) < 4.78 is 21.9. The second-order valence-electron chi connectivity index (χ2n) is 11.0. The van der Waals surface area contributed by atoms with Gasteiger partial charge in [0.25, 0.3) is 0 Å². The number of carbonyl (C=O) groups is 4. The Labute approximate surface area is 225 Å². The van der Waals surface area contributed by atoms with Gasteiger partial charge < -0.3 is 18.9 Å². The molecule has 0 spiro atoms. The third-order valence-electron chi connectivity index (χ3n) is 5.23. The summed E-state index contributed by atoms with van der Waals surface area (Å²) in [5.41, 5.74) is 0.152. The molecule has 8 heteroatoms. The average Bonchev–Trinajstić information content (AvgIpc) is 2.85. The zero-order valence-electron chi connectivity index (χ0n) is 23.7. The van der Waals surface area contributed by atoms with E-state index in [2.05, 4.69) is 0 Å². The minimum absolute atomic E-state index is 0.0380. The first-order valence-corrected chi connectivity index (χ1v) is 13.1. The van der Waals surface area contributed by atoms with Crippen molar-refractivity contribution in [1.82, 2.24) is 0 Å². The Balaban J connectivity index is 2.85. The lowest BCUT2D eigenvalue weighted by Crippen LogP contribution is -2.18. The van der Waals surface area contributed by atoms with Crippen LogP contribution < -0.4 is 0 Å². The van der Waals surface area contributed by atoms with Crippen molar-refractivity contribution in [3.63, 3.8) is 0 Å². The zero-order valence-corrected chi connectivity index (χ0v) is 23.7. The maximum absolute atomic E-state index is 13.2. The summed E-state index contributed by atoms with van der Waals surface area (Å²) >= 11 is 0. The van der Waals surface area contributed by atoms with Crippen molar-refractivity contribution in [2.75, 3.05) is 26.4 Å². The Bertz CT molecular complexity index is 983. The molecule has 0 aromatic heterocycles. The maximum Gasteiger partial charge on any atom is 0.338 e. The first kappa shape index (κ1) is 30.8. The standard InChI is InChI=1S/C30H40O8/c1-17(2)13-35-27(31)21-9-10-23(29(33)37-15-19(5)6)26-24(30(34)38-16-20(7)8)12-11-22(25(21)26)28(32)36-14-18(3)4/h9-12,17-20H,13-16H2,1-8H3. The molecule has 8 nitrogen and oxygen atoms in total. The molecule has 0 heterocycles. The van der Waals surface area contributed by atoms with Gasteiger partial charge in [-0.1, -0.05) is 55.4 Å². The van der Waals surface area contributed by atoms with E-state index >= 15 is 0 Å². The Hall–Kier alpha value is -3.42. The summed E-state index contributed by atoms with van der Waals surface area (Å²) in [6.07, 6.45) is 0. The van der Waals surface area contributed by atoms with E-state index in [9.17, 15) is 19.2 Å². The second-order valence-corrected chi connectivity index (χ2v) is 11.0. The van der Waals surface area contributed by atoms with Gasteiger partial charge in [0.2, 0.25) is 0 Å². The van der Waals surface area contributed by atoms with E-state index in [1.807, 2.05) is 55.4 Å². The number of hydrogen-bond donors (Lipinski definition) is 0. The van der Waals surface area contributed by atoms with Gasteiger partial charge in [-0.25, -0.2) is 19.2 Å². The summed E-state index contributed by atoms with van der Waals surface area (Å²) in [5, 5.41) is 0.177. The monoisotopic (exact) mass is 528 g/mol. The molecule has 38 heavy (non-hydrogen) atoms. The van der Waals surface area contributed by atoms with Crippen molar-refractivity contribution in [3.8, 4) is 0 Å². The zero-order chi connectivity index (χ0) is 28.6. The van der Waals surface area contributed by atoms with Crippen LogP contribution in [0.2, 0.25) is 0 Å². The van der Waals surface area contributed by atoms with Crippen LogP contribution in [-0.2, 0) is 18.9 Å². The molecule has 0 aliphatic heterocycles. The van der Waals surface area contributed by atoms with Gasteiger partial charge in [-0.15, -0.1) is 0 Å². The van der Waals surface area contributed by atoms with Crippen LogP contribution in [0.3, 0.4) is 0 Å². The van der Waals surface area contributed by atoms with Crippen molar-refractivity contribution in [1.29, 1.82) is 0 Å². The Morgan fingerprint density at radius 2 is 0.632 bits per heavy atom. The first-order chi connectivity index (χ1) is 17.8. The number of carbonyl (C=O) groups excluding carboxylic acids is 4. The molecule has 0 bridgehead atoms. The van der Waals surface area contributed by atoms with Crippen molar-refractivity contribution in [2.45, 2.75) is 55.4 Å². The predicted octanol–water partition coefficient (Wildman–Crippen LogP) is 6.09. The number of esters is 4. The third-order valence-corrected chi connectivity index (χ3v) is 5.23. The van der Waals surface area contributed by atoms with E-state index in [0.29, 0.717) is 0 Å². The SMILES string of the molecule is CC(C)COC(=O)c1ccc(C(=O)OCC(C)C)c2c(C(=O)OCC(C)C)ccc(C(=O)OCC(C)C)c12. The van der Waals surface area contributed by atoms with Crippen LogP contribution in [0.15, 0.2) is 24.3 Å². The molecule has 0 saturated heterocycles. The fraction of sp³-hybridized carbons (Fsp3) is 0.533. The molecule has 2 aromatic rings. The number of ether oxygens (including phenoxy) is 4. The molecule has 0 aliphatic carbocycles. The van der Waals surface area contributed by atoms with E-state index in [-0.39, 0.29) is 83.1 Å². The van der Waals surface area contributed by atoms with Crippen molar-refractivity contribution in [3.05, 3.63) is 46.5 Å². The molecule has 0 N–H and O–H groups in total. The van der Waals surface area contributed by atoms with Gasteiger partial charge in [0.1, 0.15) is 0 Å². The number of hydrogen-bond acceptors (Lipinski definition) is 8. The molecule has 0 saturated carbocycles. The van der Waals surface area contributed by atoms with Crippen LogP contribution in [0.25, 0.3) is 10.8 Å². The van der Waals surface area contributed by atoms with Gasteiger partial charge in [0, 0.05) is 10.8 Å². The third kappa shape index (κ3) is 8.30. The van der Waals surface area contributed by atoms with E-state index in [0.717, 1.165) is 0 Å². The summed E-state index contributed by atoms with van der Waals surface area (Å²) in [7, 11) is 0. The normalized spacial score (nSPS) is 11.4. The number of benzene rings is 2. The highest BCUT2D eigenvalue weighted by Gasteiger charge is 2.28. The van der Waals surface area contributed by atoms with Gasteiger partial charge in [-0.3, -0.25) is 0 Å². The van der Waals surface area contributed by atoms with Crippen LogP contribution in [-0.4, -0.2) is 50.3 Å². The highest BCUT2D eigenvalue weighted by atomic mass is 16.5. The molecular weight excluding hydrogens is 488 g/mol. The molecular formula is C30H40O8. The molecule has 0 radical (unpaired) electrons. The topological polar surface area (TPSA) is 105 Å². The summed E-state index contributed by atoms with van der Waals surface area (Å²) in [6.45, 7) is 15.8. The fourth-order valence-electron chi connectivity index (χ4n) is 3.46. The van der Waals surface area contributed by atoms with E-state index in [1.165, 1.54) is 24.3 Å². The summed E-state index contributed by atoms with van der Waals surface area (Å²) in [5.74, 6) is -2.43. The molecule has 0 unspecified atom stereocenters. The van der Waals surface area contributed by atoms with Crippen molar-refractivity contribution < 1.29 is 38.1 Å². The molecule has 0 aliphatic rings. The molecule has 0 fully saturated rings. The molecule has 2 aromatic carbocycles. The van der Waals surface area contributed by atoms with E-state index in [4.69, 9.17) is 18.9 Å². The van der Waals surface area contributed by atoms with Gasteiger partial charge in [0.05, 0.1) is 48.7 Å². The van der Waals surface area contributed by atoms with E-state index in [1.54, 1.807) is 0 Å². The van der Waals surface area contributed by atoms with Crippen LogP contribution in [0, 0.1) is 23.7 Å². The second kappa shape index (κ2) is 13.9. The van der Waals surface area contributed by atoms with E-state index < -0.39 is 23.9 Å². The fourth-order valence-corrected chi connectivity index (χ4v) is 3.46. The van der Waals surface area contributed by atoms with Crippen LogP contribution in [0.1, 0.15) is 96.8 Å². The molecule has 208 valence electrons. The summed E-state index contributed by atoms with van der Waals surface area (Å²) in [6, 6.07) is 5.66. The van der Waals surface area contributed by atoms with Gasteiger partial charge in [0.15, 0.2) is 0 Å². The predicted molar refractivity (Wildman–Crippen MR) is 144 cm³/mol. The first-order valence-electron chi connectivity index (χ1n) is 13.1. The summed E-state index contributed by atoms with van der Waals surface area (Å²) in [4.78, 5) is 52.8. The van der Waals surface area contributed by atoms with Gasteiger partial charge in [-0.05, 0) is 47.9 Å². The average molecular weight is 529 g/mol. The molecule has 0 amide bonds. The smallest absolute Gasteiger partial charge is 0.338 e. The lowest BCUT2D eigenvalue weighted by molar-refractivity contribution is 0.0439. The lowest BCUT2D eigenvalue weighted by atomic mass is 9.91. The van der Waals surface area contributed by atoms with Crippen molar-refractivity contribution >= 4 is 34.6 Å².